The normalized spacial score (nSPS) is 8.22. The van der Waals surface area contributed by atoms with E-state index in [0.717, 1.165) is 5.69 Å². The van der Waals surface area contributed by atoms with E-state index in [1.54, 1.807) is 12.1 Å². The molecule has 1 aromatic carbocycles. The topological polar surface area (TPSA) is 55.1 Å². The Hall–Kier alpha value is -2.10. The highest BCUT2D eigenvalue weighted by Gasteiger charge is 2.07. The summed E-state index contributed by atoms with van der Waals surface area (Å²) >= 11 is 0. The van der Waals surface area contributed by atoms with Crippen LogP contribution < -0.4 is 5.32 Å². The van der Waals surface area contributed by atoms with E-state index in [-0.39, 0.29) is 11.6 Å². The molecule has 4 nitrogen and oxygen atoms in total. The predicted molar refractivity (Wildman–Crippen MR) is 73.6 cm³/mol. The van der Waals surface area contributed by atoms with Crippen molar-refractivity contribution < 1.29 is 9.32 Å². The molecule has 2 aromatic rings. The summed E-state index contributed by atoms with van der Waals surface area (Å²) in [6.45, 7) is 8.00. The number of para-hydroxylation sites is 1. The summed E-state index contributed by atoms with van der Waals surface area (Å²) in [4.78, 5) is 11.4. The second kappa shape index (κ2) is 10.1. The number of amides is 1. The molecular formula is C14H20N2O2. The Morgan fingerprint density at radius 1 is 1.06 bits per heavy atom. The molecule has 0 bridgehead atoms. The van der Waals surface area contributed by atoms with Crippen LogP contribution in [0, 0.1) is 0 Å². The van der Waals surface area contributed by atoms with Crippen LogP contribution in [0.5, 0.6) is 0 Å². The number of aromatic nitrogens is 1. The monoisotopic (exact) mass is 248 g/mol. The highest BCUT2D eigenvalue weighted by Crippen LogP contribution is 2.06. The van der Waals surface area contributed by atoms with Crippen LogP contribution in [0.2, 0.25) is 0 Å². The van der Waals surface area contributed by atoms with Crippen molar-refractivity contribution in [1.29, 1.82) is 0 Å². The number of carbonyl (C=O) groups excluding carboxylic acids is 1. The molecule has 0 saturated carbocycles. The van der Waals surface area contributed by atoms with Crippen LogP contribution in [0.4, 0.5) is 5.69 Å². The van der Waals surface area contributed by atoms with E-state index in [1.807, 2.05) is 45.9 Å². The Kier molecular flexibility index (Phi) is 8.90. The minimum atomic E-state index is -0.273. The first-order chi connectivity index (χ1) is 8.86. The van der Waals surface area contributed by atoms with Crippen LogP contribution in [0.15, 0.2) is 47.2 Å². The van der Waals surface area contributed by atoms with Gasteiger partial charge in [0.1, 0.15) is 6.26 Å². The Morgan fingerprint density at radius 3 is 2.17 bits per heavy atom. The molecule has 0 radical (unpaired) electrons. The second-order valence-electron chi connectivity index (χ2n) is 2.70. The minimum Gasteiger partial charge on any atom is -0.364 e. The number of carbonyl (C=O) groups is 1. The molecule has 0 aliphatic heterocycles. The van der Waals surface area contributed by atoms with Gasteiger partial charge in [0.2, 0.25) is 0 Å². The minimum absolute atomic E-state index is 0.272. The molecule has 98 valence electrons. The van der Waals surface area contributed by atoms with Crippen LogP contribution in [-0.2, 0) is 0 Å². The fourth-order valence-electron chi connectivity index (χ4n) is 1.05. The van der Waals surface area contributed by atoms with Gasteiger partial charge in [-0.15, -0.1) is 0 Å². The maximum atomic E-state index is 11.4. The van der Waals surface area contributed by atoms with E-state index < -0.39 is 0 Å². The number of rotatable bonds is 2. The SMILES string of the molecule is CC.CC.O=C(Nc1ccccc1)c1ccon1. The van der Waals surface area contributed by atoms with Crippen molar-refractivity contribution in [2.45, 2.75) is 27.7 Å². The van der Waals surface area contributed by atoms with Crippen molar-refractivity contribution in [1.82, 2.24) is 5.16 Å². The number of anilines is 1. The number of benzene rings is 1. The molecule has 1 N–H and O–H groups in total. The molecule has 0 saturated heterocycles. The summed E-state index contributed by atoms with van der Waals surface area (Å²) in [7, 11) is 0. The van der Waals surface area contributed by atoms with Crippen LogP contribution >= 0.6 is 0 Å². The largest absolute Gasteiger partial charge is 0.364 e. The van der Waals surface area contributed by atoms with Crippen LogP contribution in [0.25, 0.3) is 0 Å². The first-order valence-corrected chi connectivity index (χ1v) is 6.13. The molecule has 0 fully saturated rings. The van der Waals surface area contributed by atoms with E-state index >= 15 is 0 Å². The lowest BCUT2D eigenvalue weighted by molar-refractivity contribution is 0.101. The van der Waals surface area contributed by atoms with Crippen molar-refractivity contribution >= 4 is 11.6 Å². The molecule has 0 unspecified atom stereocenters. The van der Waals surface area contributed by atoms with Gasteiger partial charge in [0.05, 0.1) is 0 Å². The van der Waals surface area contributed by atoms with Crippen molar-refractivity contribution in [2.75, 3.05) is 5.32 Å². The van der Waals surface area contributed by atoms with Gasteiger partial charge in [-0.1, -0.05) is 51.1 Å². The van der Waals surface area contributed by atoms with Gasteiger partial charge in [-0.2, -0.15) is 0 Å². The van der Waals surface area contributed by atoms with Gasteiger partial charge in [0, 0.05) is 11.8 Å². The van der Waals surface area contributed by atoms with Gasteiger partial charge in [-0.3, -0.25) is 4.79 Å². The van der Waals surface area contributed by atoms with E-state index in [4.69, 9.17) is 0 Å². The van der Waals surface area contributed by atoms with Gasteiger partial charge in [0.15, 0.2) is 5.69 Å². The second-order valence-corrected chi connectivity index (χ2v) is 2.70. The maximum absolute atomic E-state index is 11.4. The summed E-state index contributed by atoms with van der Waals surface area (Å²) in [5.74, 6) is -0.273. The zero-order valence-electron chi connectivity index (χ0n) is 11.3. The third-order valence-corrected chi connectivity index (χ3v) is 1.70. The number of hydrogen-bond acceptors (Lipinski definition) is 3. The van der Waals surface area contributed by atoms with Gasteiger partial charge in [0.25, 0.3) is 5.91 Å². The highest BCUT2D eigenvalue weighted by molar-refractivity contribution is 6.02. The van der Waals surface area contributed by atoms with Gasteiger partial charge in [-0.05, 0) is 12.1 Å². The summed E-state index contributed by atoms with van der Waals surface area (Å²) in [5, 5.41) is 6.21. The maximum Gasteiger partial charge on any atom is 0.277 e. The van der Waals surface area contributed by atoms with E-state index in [9.17, 15) is 4.79 Å². The van der Waals surface area contributed by atoms with Gasteiger partial charge >= 0.3 is 0 Å². The summed E-state index contributed by atoms with van der Waals surface area (Å²) in [5.41, 5.74) is 1.01. The molecule has 0 aliphatic carbocycles. The van der Waals surface area contributed by atoms with Crippen molar-refractivity contribution in [3.63, 3.8) is 0 Å². The standard InChI is InChI=1S/C10H8N2O2.2C2H6/c13-10(9-6-7-14-12-9)11-8-4-2-1-3-5-8;2*1-2/h1-7H,(H,11,13);2*1-2H3. The molecule has 1 aromatic heterocycles. The Morgan fingerprint density at radius 2 is 1.67 bits per heavy atom. The van der Waals surface area contributed by atoms with Crippen molar-refractivity contribution in [2.24, 2.45) is 0 Å². The van der Waals surface area contributed by atoms with E-state index in [1.165, 1.54) is 12.3 Å². The third-order valence-electron chi connectivity index (χ3n) is 1.70. The molecular weight excluding hydrogens is 228 g/mol. The van der Waals surface area contributed by atoms with Crippen LogP contribution in [0.1, 0.15) is 38.2 Å². The number of nitrogens with zero attached hydrogens (tertiary/aromatic N) is 1. The molecule has 18 heavy (non-hydrogen) atoms. The van der Waals surface area contributed by atoms with E-state index in [2.05, 4.69) is 15.0 Å². The lowest BCUT2D eigenvalue weighted by Crippen LogP contribution is -2.11. The first-order valence-electron chi connectivity index (χ1n) is 6.13. The zero-order chi connectivity index (χ0) is 13.8. The Balaban J connectivity index is 0.000000659. The summed E-state index contributed by atoms with van der Waals surface area (Å²) < 4.78 is 4.56. The van der Waals surface area contributed by atoms with Crippen LogP contribution in [-0.4, -0.2) is 11.1 Å². The predicted octanol–water partition coefficient (Wildman–Crippen LogP) is 3.98. The number of hydrogen-bond donors (Lipinski definition) is 1. The third kappa shape index (κ3) is 5.30. The molecule has 0 atom stereocenters. The summed E-state index contributed by atoms with van der Waals surface area (Å²) in [6, 6.07) is 10.7. The van der Waals surface area contributed by atoms with E-state index in [0.29, 0.717) is 0 Å². The van der Waals surface area contributed by atoms with Crippen LogP contribution in [0.3, 0.4) is 0 Å². The fraction of sp³-hybridized carbons (Fsp3) is 0.286. The Labute approximate surface area is 108 Å². The summed E-state index contributed by atoms with van der Waals surface area (Å²) in [6.07, 6.45) is 1.36. The highest BCUT2D eigenvalue weighted by atomic mass is 16.5. The average Bonchev–Trinajstić information content (AvgIpc) is 2.99. The molecule has 2 rings (SSSR count). The molecule has 4 heteroatoms. The molecule has 0 spiro atoms. The lowest BCUT2D eigenvalue weighted by Gasteiger charge is -2.00. The molecule has 0 aliphatic rings. The van der Waals surface area contributed by atoms with Gasteiger partial charge in [-0.25, -0.2) is 0 Å². The fourth-order valence-corrected chi connectivity index (χ4v) is 1.05. The molecule has 1 heterocycles. The van der Waals surface area contributed by atoms with Gasteiger partial charge < -0.3 is 9.84 Å². The number of nitrogens with one attached hydrogen (secondary N) is 1. The first kappa shape index (κ1) is 15.9. The molecule has 1 amide bonds. The lowest BCUT2D eigenvalue weighted by atomic mass is 10.3. The zero-order valence-corrected chi connectivity index (χ0v) is 11.3. The van der Waals surface area contributed by atoms with Crippen molar-refractivity contribution in [3.05, 3.63) is 48.4 Å². The van der Waals surface area contributed by atoms with Crippen molar-refractivity contribution in [3.8, 4) is 0 Å². The Bertz CT molecular complexity index is 411. The smallest absolute Gasteiger partial charge is 0.277 e. The quantitative estimate of drug-likeness (QED) is 0.874. The average molecular weight is 248 g/mol.